The molecule has 0 aliphatic heterocycles. The highest BCUT2D eigenvalue weighted by atomic mass is 35.5. The Bertz CT molecular complexity index is 713. The van der Waals surface area contributed by atoms with Crippen LogP contribution in [0.1, 0.15) is 5.56 Å². The number of hydrogen-bond acceptors (Lipinski definition) is 5. The molecule has 23 heavy (non-hydrogen) atoms. The Labute approximate surface area is 146 Å². The molecular weight excluding hydrogens is 359 g/mol. The number of rotatable bonds is 5. The molecule has 0 spiro atoms. The quantitative estimate of drug-likeness (QED) is 0.324. The van der Waals surface area contributed by atoms with E-state index in [0.717, 1.165) is 4.90 Å². The summed E-state index contributed by atoms with van der Waals surface area (Å²) in [5.74, 6) is -0.841. The Morgan fingerprint density at radius 2 is 1.91 bits per heavy atom. The van der Waals surface area contributed by atoms with Crippen LogP contribution in [0, 0.1) is 0 Å². The fourth-order valence-corrected chi connectivity index (χ4v) is 2.61. The van der Waals surface area contributed by atoms with E-state index in [1.807, 2.05) is 12.1 Å². The predicted molar refractivity (Wildman–Crippen MR) is 92.7 cm³/mol. The molecule has 120 valence electrons. The van der Waals surface area contributed by atoms with Crippen molar-refractivity contribution in [1.29, 1.82) is 0 Å². The molecule has 0 bridgehead atoms. The molecule has 0 unspecified atom stereocenters. The van der Waals surface area contributed by atoms with Crippen LogP contribution in [0.15, 0.2) is 46.4 Å². The normalized spacial score (nSPS) is 10.9. The maximum Gasteiger partial charge on any atom is 0.250 e. The van der Waals surface area contributed by atoms with Gasteiger partial charge in [-0.1, -0.05) is 23.2 Å². The molecular formula is C15H12Cl2N2O3S. The summed E-state index contributed by atoms with van der Waals surface area (Å²) >= 11 is 12.9. The lowest BCUT2D eigenvalue weighted by atomic mass is 10.2. The molecule has 1 amide bonds. The number of phenols is 2. The van der Waals surface area contributed by atoms with Crippen LogP contribution in [0.5, 0.6) is 11.5 Å². The third-order valence-electron chi connectivity index (χ3n) is 2.65. The number of nitrogens with one attached hydrogen (secondary N) is 1. The van der Waals surface area contributed by atoms with E-state index in [4.69, 9.17) is 23.2 Å². The summed E-state index contributed by atoms with van der Waals surface area (Å²) in [5, 5.41) is 23.2. The maximum absolute atomic E-state index is 11.7. The molecule has 5 nitrogen and oxygen atoms in total. The number of benzene rings is 2. The van der Waals surface area contributed by atoms with Crippen LogP contribution in [-0.2, 0) is 4.79 Å². The molecule has 0 fully saturated rings. The molecule has 0 aliphatic rings. The van der Waals surface area contributed by atoms with Gasteiger partial charge in [-0.2, -0.15) is 5.10 Å². The van der Waals surface area contributed by atoms with Crippen LogP contribution in [-0.4, -0.2) is 28.1 Å². The highest BCUT2D eigenvalue weighted by molar-refractivity contribution is 8.00. The van der Waals surface area contributed by atoms with E-state index in [9.17, 15) is 15.0 Å². The van der Waals surface area contributed by atoms with Crippen molar-refractivity contribution in [3.05, 3.63) is 52.0 Å². The van der Waals surface area contributed by atoms with Crippen LogP contribution in [0.25, 0.3) is 0 Å². The number of halogens is 2. The number of aromatic hydroxyl groups is 2. The van der Waals surface area contributed by atoms with Gasteiger partial charge in [0, 0.05) is 9.92 Å². The molecule has 3 N–H and O–H groups in total. The summed E-state index contributed by atoms with van der Waals surface area (Å²) in [6.45, 7) is 0. The summed E-state index contributed by atoms with van der Waals surface area (Å²) in [4.78, 5) is 12.6. The zero-order valence-electron chi connectivity index (χ0n) is 11.7. The fraction of sp³-hybridized carbons (Fsp3) is 0.0667. The summed E-state index contributed by atoms with van der Waals surface area (Å²) in [7, 11) is 0. The predicted octanol–water partition coefficient (Wildman–Crippen LogP) is 3.65. The number of carbonyl (C=O) groups is 1. The van der Waals surface area contributed by atoms with Crippen molar-refractivity contribution >= 4 is 47.1 Å². The van der Waals surface area contributed by atoms with Crippen molar-refractivity contribution in [2.24, 2.45) is 5.10 Å². The van der Waals surface area contributed by atoms with E-state index in [0.29, 0.717) is 10.6 Å². The van der Waals surface area contributed by atoms with Crippen molar-refractivity contribution in [3.63, 3.8) is 0 Å². The van der Waals surface area contributed by atoms with Gasteiger partial charge < -0.3 is 10.2 Å². The minimum atomic E-state index is -0.396. The SMILES string of the molecule is O=C(CSc1ccc(Cl)cc1)N/N=C/c1cc(O)c(O)c(Cl)c1. The lowest BCUT2D eigenvalue weighted by Crippen LogP contribution is -2.19. The Morgan fingerprint density at radius 3 is 2.57 bits per heavy atom. The lowest BCUT2D eigenvalue weighted by molar-refractivity contribution is -0.118. The van der Waals surface area contributed by atoms with Crippen molar-refractivity contribution < 1.29 is 15.0 Å². The number of amides is 1. The van der Waals surface area contributed by atoms with Gasteiger partial charge in [-0.3, -0.25) is 4.79 Å². The maximum atomic E-state index is 11.7. The first-order valence-electron chi connectivity index (χ1n) is 6.37. The third kappa shape index (κ3) is 5.35. The zero-order valence-corrected chi connectivity index (χ0v) is 14.0. The van der Waals surface area contributed by atoms with Gasteiger partial charge in [-0.25, -0.2) is 5.43 Å². The first-order chi connectivity index (χ1) is 11.0. The molecule has 8 heteroatoms. The lowest BCUT2D eigenvalue weighted by Gasteiger charge is -2.02. The highest BCUT2D eigenvalue weighted by Crippen LogP contribution is 2.33. The van der Waals surface area contributed by atoms with Crippen LogP contribution in [0.4, 0.5) is 0 Å². The first-order valence-corrected chi connectivity index (χ1v) is 8.11. The van der Waals surface area contributed by atoms with Gasteiger partial charge >= 0.3 is 0 Å². The van der Waals surface area contributed by atoms with E-state index in [-0.39, 0.29) is 22.4 Å². The Morgan fingerprint density at radius 1 is 1.22 bits per heavy atom. The standard InChI is InChI=1S/C15H12Cl2N2O3S/c16-10-1-3-11(4-2-10)23-8-14(21)19-18-7-9-5-12(17)15(22)13(20)6-9/h1-7,20,22H,8H2,(H,19,21)/b18-7+. The average Bonchev–Trinajstić information content (AvgIpc) is 2.52. The second-order valence-corrected chi connectivity index (χ2v) is 6.30. The second kappa shape index (κ2) is 8.10. The average molecular weight is 371 g/mol. The van der Waals surface area contributed by atoms with Gasteiger partial charge in [-0.05, 0) is 42.0 Å². The first kappa shape index (κ1) is 17.5. The molecule has 0 aliphatic carbocycles. The van der Waals surface area contributed by atoms with Gasteiger partial charge in [0.1, 0.15) is 0 Å². The van der Waals surface area contributed by atoms with Crippen LogP contribution >= 0.6 is 35.0 Å². The Kier molecular flexibility index (Phi) is 6.15. The zero-order chi connectivity index (χ0) is 16.8. The Hall–Kier alpha value is -1.89. The van der Waals surface area contributed by atoms with Gasteiger partial charge in [0.15, 0.2) is 11.5 Å². The van der Waals surface area contributed by atoms with Crippen molar-refractivity contribution in [2.75, 3.05) is 5.75 Å². The summed E-state index contributed by atoms with van der Waals surface area (Å²) in [6.07, 6.45) is 1.32. The smallest absolute Gasteiger partial charge is 0.250 e. The van der Waals surface area contributed by atoms with Crippen molar-refractivity contribution in [1.82, 2.24) is 5.43 Å². The van der Waals surface area contributed by atoms with Gasteiger partial charge in [0.05, 0.1) is 17.0 Å². The largest absolute Gasteiger partial charge is 0.504 e. The van der Waals surface area contributed by atoms with Crippen LogP contribution < -0.4 is 5.43 Å². The topological polar surface area (TPSA) is 81.9 Å². The van der Waals surface area contributed by atoms with E-state index >= 15 is 0 Å². The molecule has 2 aromatic carbocycles. The van der Waals surface area contributed by atoms with Crippen molar-refractivity contribution in [3.8, 4) is 11.5 Å². The summed E-state index contributed by atoms with van der Waals surface area (Å²) in [5.41, 5.74) is 2.80. The van der Waals surface area contributed by atoms with Gasteiger partial charge in [-0.15, -0.1) is 11.8 Å². The third-order valence-corrected chi connectivity index (χ3v) is 4.20. The number of hydrazone groups is 1. The van der Waals surface area contributed by atoms with Gasteiger partial charge in [0.2, 0.25) is 5.91 Å². The number of carbonyl (C=O) groups excluding carboxylic acids is 1. The number of nitrogens with zero attached hydrogens (tertiary/aromatic N) is 1. The highest BCUT2D eigenvalue weighted by Gasteiger charge is 2.06. The minimum absolute atomic E-state index is 0.00364. The Balaban J connectivity index is 1.85. The van der Waals surface area contributed by atoms with Crippen LogP contribution in [0.2, 0.25) is 10.0 Å². The van der Waals surface area contributed by atoms with Crippen molar-refractivity contribution in [2.45, 2.75) is 4.90 Å². The minimum Gasteiger partial charge on any atom is -0.504 e. The van der Waals surface area contributed by atoms with E-state index in [1.54, 1.807) is 12.1 Å². The van der Waals surface area contributed by atoms with Gasteiger partial charge in [0.25, 0.3) is 0 Å². The molecule has 0 heterocycles. The molecule has 0 aromatic heterocycles. The summed E-state index contributed by atoms with van der Waals surface area (Å²) < 4.78 is 0. The number of phenolic OH excluding ortho intramolecular Hbond substituents is 2. The molecule has 0 saturated heterocycles. The molecule has 0 radical (unpaired) electrons. The second-order valence-electron chi connectivity index (χ2n) is 4.41. The summed E-state index contributed by atoms with van der Waals surface area (Å²) in [6, 6.07) is 9.84. The number of hydrogen-bond donors (Lipinski definition) is 3. The molecule has 0 atom stereocenters. The van der Waals surface area contributed by atoms with E-state index < -0.39 is 5.75 Å². The monoisotopic (exact) mass is 370 g/mol. The van der Waals surface area contributed by atoms with E-state index in [1.165, 1.54) is 30.1 Å². The van der Waals surface area contributed by atoms with Crippen LogP contribution in [0.3, 0.4) is 0 Å². The number of thioether (sulfide) groups is 1. The molecule has 2 rings (SSSR count). The van der Waals surface area contributed by atoms with E-state index in [2.05, 4.69) is 10.5 Å². The molecule has 2 aromatic rings. The fourth-order valence-electron chi connectivity index (χ4n) is 1.57. The molecule has 0 saturated carbocycles.